The van der Waals surface area contributed by atoms with Gasteiger partial charge in [0.05, 0.1) is 28.6 Å². The summed E-state index contributed by atoms with van der Waals surface area (Å²) >= 11 is 1.65. The van der Waals surface area contributed by atoms with Crippen LogP contribution in [0.4, 0.5) is 0 Å². The van der Waals surface area contributed by atoms with Gasteiger partial charge < -0.3 is 9.30 Å². The first-order valence-corrected chi connectivity index (χ1v) is 12.1. The first-order chi connectivity index (χ1) is 12.9. The molecule has 0 bridgehead atoms. The lowest BCUT2D eigenvalue weighted by Crippen LogP contribution is -2.35. The number of thioether (sulfide) groups is 1. The van der Waals surface area contributed by atoms with Gasteiger partial charge in [-0.3, -0.25) is 0 Å². The quantitative estimate of drug-likeness (QED) is 0.489. The molecule has 0 unspecified atom stereocenters. The molecule has 2 aromatic rings. The zero-order chi connectivity index (χ0) is 19.4. The van der Waals surface area contributed by atoms with Crippen LogP contribution in [-0.2, 0) is 21.3 Å². The Bertz CT molecular complexity index is 872. The Morgan fingerprint density at radius 1 is 1.22 bits per heavy atom. The zero-order valence-electron chi connectivity index (χ0n) is 16.3. The van der Waals surface area contributed by atoms with Crippen LogP contribution in [0.5, 0.6) is 0 Å². The summed E-state index contributed by atoms with van der Waals surface area (Å²) in [6, 6.07) is 5.33. The summed E-state index contributed by atoms with van der Waals surface area (Å²) in [6.07, 6.45) is 3.20. The van der Waals surface area contributed by atoms with E-state index in [-0.39, 0.29) is 6.10 Å². The van der Waals surface area contributed by atoms with Gasteiger partial charge in [-0.1, -0.05) is 18.2 Å². The summed E-state index contributed by atoms with van der Waals surface area (Å²) in [5.41, 5.74) is 1.71. The van der Waals surface area contributed by atoms with Gasteiger partial charge in [-0.05, 0) is 51.8 Å². The third-order valence-electron chi connectivity index (χ3n) is 4.72. The number of benzene rings is 1. The average molecular weight is 412 g/mol. The standard InChI is InChI=1S/C19H29N3O3S2/c1-4-22-18-9-8-16(27(23,24)21-10-6-5-7-11-21)14-17(18)20-19(22)26-13-12-25-15(2)3/h8-9,14-15H,4-7,10-13H2,1-3H3. The fourth-order valence-electron chi connectivity index (χ4n) is 3.33. The first-order valence-electron chi connectivity index (χ1n) is 9.68. The normalized spacial score (nSPS) is 16.4. The number of ether oxygens (including phenoxy) is 1. The minimum atomic E-state index is -3.44. The van der Waals surface area contributed by atoms with Crippen LogP contribution in [0.3, 0.4) is 0 Å². The van der Waals surface area contributed by atoms with Gasteiger partial charge >= 0.3 is 0 Å². The number of piperidine rings is 1. The number of rotatable bonds is 8. The molecule has 1 aromatic heterocycles. The Morgan fingerprint density at radius 2 is 1.96 bits per heavy atom. The number of sulfonamides is 1. The Balaban J connectivity index is 1.84. The van der Waals surface area contributed by atoms with E-state index in [9.17, 15) is 8.42 Å². The van der Waals surface area contributed by atoms with Crippen molar-refractivity contribution in [2.24, 2.45) is 0 Å². The summed E-state index contributed by atoms with van der Waals surface area (Å²) in [6.45, 7) is 8.81. The Labute approximate surface area is 166 Å². The number of hydrogen-bond acceptors (Lipinski definition) is 5. The Hall–Kier alpha value is -1.09. The number of fused-ring (bicyclic) bond motifs is 1. The van der Waals surface area contributed by atoms with Crippen molar-refractivity contribution in [2.75, 3.05) is 25.4 Å². The molecule has 1 fully saturated rings. The fraction of sp³-hybridized carbons (Fsp3) is 0.632. The van der Waals surface area contributed by atoms with Gasteiger partial charge in [0.25, 0.3) is 0 Å². The van der Waals surface area contributed by atoms with Gasteiger partial charge in [0.1, 0.15) is 0 Å². The molecule has 0 saturated carbocycles. The Morgan fingerprint density at radius 3 is 2.63 bits per heavy atom. The van der Waals surface area contributed by atoms with Gasteiger partial charge in [-0.25, -0.2) is 13.4 Å². The number of imidazole rings is 1. The van der Waals surface area contributed by atoms with Gasteiger partial charge in [0, 0.05) is 25.4 Å². The van der Waals surface area contributed by atoms with Crippen molar-refractivity contribution in [1.82, 2.24) is 13.9 Å². The largest absolute Gasteiger partial charge is 0.378 e. The molecule has 0 N–H and O–H groups in total. The molecule has 0 aliphatic carbocycles. The zero-order valence-corrected chi connectivity index (χ0v) is 18.0. The second-order valence-corrected chi connectivity index (χ2v) is 10.0. The van der Waals surface area contributed by atoms with Crippen LogP contribution in [0.1, 0.15) is 40.0 Å². The molecule has 0 atom stereocenters. The molecule has 1 aromatic carbocycles. The number of aryl methyl sites for hydroxylation is 1. The maximum atomic E-state index is 12.9. The predicted molar refractivity (Wildman–Crippen MR) is 110 cm³/mol. The highest BCUT2D eigenvalue weighted by molar-refractivity contribution is 7.99. The molecular weight excluding hydrogens is 382 g/mol. The highest BCUT2D eigenvalue weighted by Crippen LogP contribution is 2.28. The molecule has 8 heteroatoms. The van der Waals surface area contributed by atoms with Crippen LogP contribution in [0.2, 0.25) is 0 Å². The smallest absolute Gasteiger partial charge is 0.243 e. The lowest BCUT2D eigenvalue weighted by molar-refractivity contribution is 0.0920. The van der Waals surface area contributed by atoms with E-state index < -0.39 is 10.0 Å². The molecule has 3 rings (SSSR count). The summed E-state index contributed by atoms with van der Waals surface area (Å²) in [5, 5.41) is 0.910. The second kappa shape index (κ2) is 8.94. The van der Waals surface area contributed by atoms with Gasteiger partial charge in [-0.2, -0.15) is 4.31 Å². The van der Waals surface area contributed by atoms with Crippen LogP contribution in [0.25, 0.3) is 11.0 Å². The molecule has 0 radical (unpaired) electrons. The summed E-state index contributed by atoms with van der Waals surface area (Å²) in [4.78, 5) is 5.05. The van der Waals surface area contributed by atoms with E-state index in [4.69, 9.17) is 9.72 Å². The van der Waals surface area contributed by atoms with Crippen molar-refractivity contribution in [3.05, 3.63) is 18.2 Å². The third-order valence-corrected chi connectivity index (χ3v) is 7.55. The maximum Gasteiger partial charge on any atom is 0.243 e. The fourth-order valence-corrected chi connectivity index (χ4v) is 5.78. The van der Waals surface area contributed by atoms with E-state index in [1.807, 2.05) is 19.9 Å². The van der Waals surface area contributed by atoms with E-state index in [1.165, 1.54) is 0 Å². The minimum Gasteiger partial charge on any atom is -0.378 e. The van der Waals surface area contributed by atoms with Crippen LogP contribution in [0, 0.1) is 0 Å². The van der Waals surface area contributed by atoms with Crippen molar-refractivity contribution in [1.29, 1.82) is 0 Å². The predicted octanol–water partition coefficient (Wildman–Crippen LogP) is 3.75. The Kier molecular flexibility index (Phi) is 6.83. The minimum absolute atomic E-state index is 0.221. The van der Waals surface area contributed by atoms with Gasteiger partial charge in [0.2, 0.25) is 10.0 Å². The van der Waals surface area contributed by atoms with E-state index in [1.54, 1.807) is 28.2 Å². The summed E-state index contributed by atoms with van der Waals surface area (Å²) in [7, 11) is -3.44. The third kappa shape index (κ3) is 4.67. The van der Waals surface area contributed by atoms with E-state index in [0.717, 1.165) is 47.7 Å². The lowest BCUT2D eigenvalue weighted by Gasteiger charge is -2.25. The van der Waals surface area contributed by atoms with Crippen molar-refractivity contribution in [3.8, 4) is 0 Å². The van der Waals surface area contributed by atoms with Gasteiger partial charge in [-0.15, -0.1) is 0 Å². The number of nitrogens with zero attached hydrogens (tertiary/aromatic N) is 3. The van der Waals surface area contributed by atoms with Crippen molar-refractivity contribution < 1.29 is 13.2 Å². The summed E-state index contributed by atoms with van der Waals surface area (Å²) in [5.74, 6) is 0.820. The second-order valence-electron chi connectivity index (χ2n) is 7.02. The first kappa shape index (κ1) is 20.6. The van der Waals surface area contributed by atoms with Crippen molar-refractivity contribution >= 4 is 32.8 Å². The number of hydrogen-bond donors (Lipinski definition) is 0. The molecule has 6 nitrogen and oxygen atoms in total. The van der Waals surface area contributed by atoms with Crippen LogP contribution >= 0.6 is 11.8 Å². The molecule has 27 heavy (non-hydrogen) atoms. The number of aromatic nitrogens is 2. The molecular formula is C19H29N3O3S2. The highest BCUT2D eigenvalue weighted by Gasteiger charge is 2.26. The van der Waals surface area contributed by atoms with E-state index >= 15 is 0 Å². The molecule has 0 amide bonds. The molecule has 0 spiro atoms. The summed E-state index contributed by atoms with van der Waals surface area (Å²) < 4.78 is 35.2. The van der Waals surface area contributed by atoms with Crippen LogP contribution in [0.15, 0.2) is 28.3 Å². The molecule has 1 aliphatic rings. The van der Waals surface area contributed by atoms with E-state index in [2.05, 4.69) is 11.5 Å². The van der Waals surface area contributed by atoms with E-state index in [0.29, 0.717) is 24.6 Å². The maximum absolute atomic E-state index is 12.9. The molecule has 150 valence electrons. The monoisotopic (exact) mass is 411 g/mol. The van der Waals surface area contributed by atoms with Gasteiger partial charge in [0.15, 0.2) is 5.16 Å². The topological polar surface area (TPSA) is 64.4 Å². The lowest BCUT2D eigenvalue weighted by atomic mass is 10.2. The highest BCUT2D eigenvalue weighted by atomic mass is 32.2. The van der Waals surface area contributed by atoms with Crippen LogP contribution < -0.4 is 0 Å². The molecule has 2 heterocycles. The van der Waals surface area contributed by atoms with Crippen LogP contribution in [-0.4, -0.2) is 53.8 Å². The molecule has 1 aliphatic heterocycles. The SMILES string of the molecule is CCn1c(SCCOC(C)C)nc2cc(S(=O)(=O)N3CCCCC3)ccc21. The molecule has 1 saturated heterocycles. The van der Waals surface area contributed by atoms with Crippen molar-refractivity contribution in [2.45, 2.75) is 62.7 Å². The average Bonchev–Trinajstić information content (AvgIpc) is 3.02. The van der Waals surface area contributed by atoms with Crippen molar-refractivity contribution in [3.63, 3.8) is 0 Å².